The third-order valence-electron chi connectivity index (χ3n) is 7.10. The normalized spacial score (nSPS) is 18.7. The summed E-state index contributed by atoms with van der Waals surface area (Å²) in [6.07, 6.45) is 1.81. The van der Waals surface area contributed by atoms with Crippen LogP contribution >= 0.6 is 0 Å². The number of H-pyrrole nitrogens is 1. The van der Waals surface area contributed by atoms with Crippen LogP contribution in [0.4, 0.5) is 0 Å². The van der Waals surface area contributed by atoms with Crippen LogP contribution in [0, 0.1) is 0 Å². The Hall–Kier alpha value is -4.26. The number of aliphatic hydroxyl groups is 2. The second kappa shape index (κ2) is 6.16. The molecule has 2 aromatic heterocycles. The Morgan fingerprint density at radius 3 is 2.39 bits per heavy atom. The van der Waals surface area contributed by atoms with E-state index in [1.165, 1.54) is 0 Å². The maximum absolute atomic E-state index is 13.1. The van der Waals surface area contributed by atoms with E-state index in [2.05, 4.69) is 10.3 Å². The molecule has 162 valence electrons. The highest BCUT2D eigenvalue weighted by Gasteiger charge is 2.37. The Kier molecular flexibility index (Phi) is 3.42. The fourth-order valence-corrected chi connectivity index (χ4v) is 5.77. The highest BCUT2D eigenvalue weighted by molar-refractivity contribution is 6.39. The fraction of sp³-hybridized carbons (Fsp3) is 0.154. The molecule has 1 unspecified atom stereocenters. The number of hydrogen-bond donors (Lipinski definition) is 4. The zero-order valence-corrected chi connectivity index (χ0v) is 17.5. The van der Waals surface area contributed by atoms with Gasteiger partial charge in [0.25, 0.3) is 11.8 Å². The van der Waals surface area contributed by atoms with Crippen LogP contribution in [0.25, 0.3) is 43.6 Å². The molecule has 0 saturated carbocycles. The number of hydrogen-bond acceptors (Lipinski definition) is 4. The van der Waals surface area contributed by atoms with Crippen LogP contribution < -0.4 is 5.32 Å². The van der Waals surface area contributed by atoms with Crippen molar-refractivity contribution in [3.05, 3.63) is 71.2 Å². The van der Waals surface area contributed by atoms with Gasteiger partial charge in [0, 0.05) is 39.0 Å². The zero-order valence-electron chi connectivity index (χ0n) is 17.5. The van der Waals surface area contributed by atoms with Crippen molar-refractivity contribution in [1.29, 1.82) is 0 Å². The molecule has 0 radical (unpaired) electrons. The molecule has 0 fully saturated rings. The molecule has 2 aliphatic rings. The van der Waals surface area contributed by atoms with Crippen LogP contribution in [0.2, 0.25) is 0 Å². The SMILES string of the molecule is O=C1NC(=O)c2c1c1c3ccccc3[nH]c1c1c2c2ccccc2n1C1CCCC(O)=C1O. The van der Waals surface area contributed by atoms with Crippen molar-refractivity contribution in [2.75, 3.05) is 0 Å². The molecule has 3 heterocycles. The summed E-state index contributed by atoms with van der Waals surface area (Å²) in [6.45, 7) is 0. The smallest absolute Gasteiger partial charge is 0.259 e. The lowest BCUT2D eigenvalue weighted by Gasteiger charge is -2.25. The standard InChI is InChI=1S/C26H19N3O4/c30-17-11-5-10-16(24(17)31)29-15-9-4-2-7-13(15)19-21-20(25(32)28-26(21)33)18-12-6-1-3-8-14(12)27-22(18)23(19)29/h1-4,6-9,16,27,30-31H,5,10-11H2,(H,28,32,33). The molecule has 0 spiro atoms. The van der Waals surface area contributed by atoms with E-state index < -0.39 is 17.9 Å². The van der Waals surface area contributed by atoms with Crippen molar-refractivity contribution in [3.63, 3.8) is 0 Å². The monoisotopic (exact) mass is 437 g/mol. The molecule has 33 heavy (non-hydrogen) atoms. The number of rotatable bonds is 1. The molecule has 0 saturated heterocycles. The number of fused-ring (bicyclic) bond motifs is 10. The van der Waals surface area contributed by atoms with Gasteiger partial charge in [-0.3, -0.25) is 14.9 Å². The summed E-state index contributed by atoms with van der Waals surface area (Å²) in [6, 6.07) is 14.9. The first-order valence-electron chi connectivity index (χ1n) is 11.0. The molecule has 7 rings (SSSR count). The summed E-state index contributed by atoms with van der Waals surface area (Å²) in [5.41, 5.74) is 3.93. The Morgan fingerprint density at radius 1 is 0.879 bits per heavy atom. The predicted molar refractivity (Wildman–Crippen MR) is 126 cm³/mol. The number of nitrogens with one attached hydrogen (secondary N) is 2. The highest BCUT2D eigenvalue weighted by atomic mass is 16.3. The van der Waals surface area contributed by atoms with Gasteiger partial charge < -0.3 is 19.8 Å². The number of aromatic nitrogens is 2. The number of carbonyl (C=O) groups excluding carboxylic acids is 2. The third-order valence-corrected chi connectivity index (χ3v) is 7.10. The van der Waals surface area contributed by atoms with Crippen molar-refractivity contribution in [2.24, 2.45) is 0 Å². The van der Waals surface area contributed by atoms with Gasteiger partial charge in [-0.15, -0.1) is 0 Å². The predicted octanol–water partition coefficient (Wildman–Crippen LogP) is 5.37. The van der Waals surface area contributed by atoms with Gasteiger partial charge >= 0.3 is 0 Å². The van der Waals surface area contributed by atoms with E-state index in [0.717, 1.165) is 39.3 Å². The summed E-state index contributed by atoms with van der Waals surface area (Å²) in [5, 5.41) is 26.8. The van der Waals surface area contributed by atoms with Crippen LogP contribution in [-0.2, 0) is 0 Å². The molecule has 1 aliphatic carbocycles. The zero-order chi connectivity index (χ0) is 22.4. The first-order valence-corrected chi connectivity index (χ1v) is 11.0. The van der Waals surface area contributed by atoms with Gasteiger partial charge in [-0.05, 0) is 25.0 Å². The first-order chi connectivity index (χ1) is 16.1. The molecule has 1 atom stereocenters. The molecule has 4 N–H and O–H groups in total. The van der Waals surface area contributed by atoms with E-state index in [1.54, 1.807) is 0 Å². The van der Waals surface area contributed by atoms with Crippen LogP contribution in [0.15, 0.2) is 60.0 Å². The number of nitrogens with zero attached hydrogens (tertiary/aromatic N) is 1. The molecule has 2 amide bonds. The van der Waals surface area contributed by atoms with Crippen molar-refractivity contribution in [2.45, 2.75) is 25.3 Å². The molecule has 7 heteroatoms. The highest BCUT2D eigenvalue weighted by Crippen LogP contribution is 2.46. The maximum Gasteiger partial charge on any atom is 0.259 e. The van der Waals surface area contributed by atoms with Crippen LogP contribution in [0.5, 0.6) is 0 Å². The summed E-state index contributed by atoms with van der Waals surface area (Å²) in [7, 11) is 0. The largest absolute Gasteiger partial charge is 0.509 e. The van der Waals surface area contributed by atoms with Crippen LogP contribution in [0.3, 0.4) is 0 Å². The number of aliphatic hydroxyl groups excluding tert-OH is 2. The van der Waals surface area contributed by atoms with Gasteiger partial charge in [0.1, 0.15) is 5.76 Å². The van der Waals surface area contributed by atoms with Crippen LogP contribution in [0.1, 0.15) is 46.0 Å². The first kappa shape index (κ1) is 18.3. The number of imide groups is 1. The average molecular weight is 437 g/mol. The second-order valence-electron chi connectivity index (χ2n) is 8.80. The Balaban J connectivity index is 1.80. The Labute approximate surface area is 186 Å². The number of para-hydroxylation sites is 2. The summed E-state index contributed by atoms with van der Waals surface area (Å²) in [5.74, 6) is -0.865. The van der Waals surface area contributed by atoms with Crippen molar-refractivity contribution in [1.82, 2.24) is 14.9 Å². The van der Waals surface area contributed by atoms with Gasteiger partial charge in [-0.2, -0.15) is 0 Å². The van der Waals surface area contributed by atoms with Gasteiger partial charge in [0.15, 0.2) is 5.76 Å². The number of benzene rings is 3. The summed E-state index contributed by atoms with van der Waals surface area (Å²) >= 11 is 0. The van der Waals surface area contributed by atoms with Gasteiger partial charge in [0.05, 0.1) is 28.2 Å². The minimum Gasteiger partial charge on any atom is -0.509 e. The average Bonchev–Trinajstić information content (AvgIpc) is 3.45. The van der Waals surface area contributed by atoms with Crippen LogP contribution in [-0.4, -0.2) is 31.6 Å². The fourth-order valence-electron chi connectivity index (χ4n) is 5.77. The molecule has 7 nitrogen and oxygen atoms in total. The van der Waals surface area contributed by atoms with E-state index in [1.807, 2.05) is 53.1 Å². The number of aromatic amines is 1. The molecule has 5 aromatic rings. The lowest BCUT2D eigenvalue weighted by Crippen LogP contribution is -2.20. The van der Waals surface area contributed by atoms with Gasteiger partial charge in [-0.25, -0.2) is 0 Å². The topological polar surface area (TPSA) is 107 Å². The Bertz CT molecular complexity index is 1740. The van der Waals surface area contributed by atoms with E-state index in [-0.39, 0.29) is 11.5 Å². The third kappa shape index (κ3) is 2.18. The minimum absolute atomic E-state index is 0.000785. The molecule has 0 bridgehead atoms. The van der Waals surface area contributed by atoms with Gasteiger partial charge in [-0.1, -0.05) is 36.4 Å². The second-order valence-corrected chi connectivity index (χ2v) is 8.80. The molecule has 1 aliphatic heterocycles. The van der Waals surface area contributed by atoms with Crippen molar-refractivity contribution >= 4 is 55.4 Å². The van der Waals surface area contributed by atoms with E-state index in [9.17, 15) is 19.8 Å². The van der Waals surface area contributed by atoms with E-state index >= 15 is 0 Å². The molecular formula is C26H19N3O4. The number of amides is 2. The number of allylic oxidation sites excluding steroid dienone is 2. The van der Waals surface area contributed by atoms with Crippen molar-refractivity contribution < 1.29 is 19.8 Å². The lowest BCUT2D eigenvalue weighted by atomic mass is 9.96. The minimum atomic E-state index is -0.478. The number of carbonyl (C=O) groups is 2. The lowest BCUT2D eigenvalue weighted by molar-refractivity contribution is 0.0880. The van der Waals surface area contributed by atoms with Crippen molar-refractivity contribution in [3.8, 4) is 0 Å². The Morgan fingerprint density at radius 2 is 1.58 bits per heavy atom. The molecular weight excluding hydrogens is 418 g/mol. The summed E-state index contributed by atoms with van der Waals surface area (Å²) in [4.78, 5) is 29.5. The maximum atomic E-state index is 13.1. The molecule has 3 aromatic carbocycles. The quantitative estimate of drug-likeness (QED) is 0.265. The van der Waals surface area contributed by atoms with E-state index in [4.69, 9.17) is 0 Å². The van der Waals surface area contributed by atoms with E-state index in [0.29, 0.717) is 34.7 Å². The van der Waals surface area contributed by atoms with Gasteiger partial charge in [0.2, 0.25) is 0 Å². The summed E-state index contributed by atoms with van der Waals surface area (Å²) < 4.78 is 2.02.